The quantitative estimate of drug-likeness (QED) is 0.166. The molecule has 0 fully saturated rings. The summed E-state index contributed by atoms with van der Waals surface area (Å²) >= 11 is 0. The highest BCUT2D eigenvalue weighted by molar-refractivity contribution is 6.21. The number of rotatable bonds is 6. The third-order valence-corrected chi connectivity index (χ3v) is 15.2. The third kappa shape index (κ3) is 5.84. The number of nitrogens with zero attached hydrogens (tertiary/aromatic N) is 8. The lowest BCUT2D eigenvalue weighted by atomic mass is 9.87. The van der Waals surface area contributed by atoms with Crippen LogP contribution in [0.15, 0.2) is 243 Å². The molecule has 15 aromatic rings. The molecule has 0 saturated heterocycles. The Labute approximate surface area is 423 Å². The summed E-state index contributed by atoms with van der Waals surface area (Å²) in [4.78, 5) is 22.7. The average molecular weight is 945 g/mol. The number of benzene rings is 8. The van der Waals surface area contributed by atoms with Gasteiger partial charge < -0.3 is 9.13 Å². The van der Waals surface area contributed by atoms with Gasteiger partial charge in [-0.3, -0.25) is 19.4 Å². The summed E-state index contributed by atoms with van der Waals surface area (Å²) in [6, 6.07) is 77.9. The largest absolute Gasteiger partial charge is 0.308 e. The van der Waals surface area contributed by atoms with Crippen molar-refractivity contribution in [2.75, 3.05) is 4.90 Å². The number of hydrogen-bond acceptors (Lipinski definition) is 5. The molecule has 0 N–H and O–H groups in total. The summed E-state index contributed by atoms with van der Waals surface area (Å²) in [5.41, 5.74) is 17.0. The van der Waals surface area contributed by atoms with Gasteiger partial charge in [-0.2, -0.15) is 0 Å². The van der Waals surface area contributed by atoms with E-state index < -0.39 is 0 Å². The van der Waals surface area contributed by atoms with Crippen molar-refractivity contribution < 1.29 is 0 Å². The Morgan fingerprint density at radius 1 is 0.284 bits per heavy atom. The number of hydrogen-bond donors (Lipinski definition) is 0. The van der Waals surface area contributed by atoms with Gasteiger partial charge in [0.1, 0.15) is 11.6 Å². The third-order valence-electron chi connectivity index (χ3n) is 15.2. The Morgan fingerprint density at radius 2 is 0.811 bits per heavy atom. The van der Waals surface area contributed by atoms with Crippen LogP contribution in [0.1, 0.15) is 0 Å². The van der Waals surface area contributed by atoms with Gasteiger partial charge in [-0.1, -0.05) is 115 Å². The van der Waals surface area contributed by atoms with E-state index in [2.05, 4.69) is 219 Å². The molecule has 7 aromatic heterocycles. The predicted octanol–water partition coefficient (Wildman–Crippen LogP) is 16.5. The minimum atomic E-state index is 0.810. The van der Waals surface area contributed by atoms with Crippen molar-refractivity contribution in [3.05, 3.63) is 243 Å². The van der Waals surface area contributed by atoms with E-state index in [0.717, 1.165) is 123 Å². The molecule has 344 valence electrons. The van der Waals surface area contributed by atoms with E-state index >= 15 is 0 Å². The van der Waals surface area contributed by atoms with Gasteiger partial charge in [-0.05, 0) is 114 Å². The molecule has 0 bridgehead atoms. The van der Waals surface area contributed by atoms with Crippen molar-refractivity contribution in [3.8, 4) is 50.8 Å². The van der Waals surface area contributed by atoms with Gasteiger partial charge in [-0.25, -0.2) is 9.97 Å². The molecule has 0 radical (unpaired) electrons. The fraction of sp³-hybridized carbons (Fsp3) is 0. The lowest BCUT2D eigenvalue weighted by Gasteiger charge is -2.33. The first-order valence-electron chi connectivity index (χ1n) is 24.9. The fourth-order valence-electron chi connectivity index (χ4n) is 12.0. The number of para-hydroxylation sites is 4. The van der Waals surface area contributed by atoms with E-state index in [4.69, 9.17) is 19.9 Å². The Morgan fingerprint density at radius 3 is 1.39 bits per heavy atom. The Kier molecular flexibility index (Phi) is 8.58. The molecule has 8 nitrogen and oxygen atoms in total. The highest BCUT2D eigenvalue weighted by atomic mass is 15.2. The predicted molar refractivity (Wildman–Crippen MR) is 303 cm³/mol. The molecule has 8 heteroatoms. The molecule has 0 saturated carbocycles. The molecular weight excluding hydrogens is 905 g/mol. The monoisotopic (exact) mass is 944 g/mol. The van der Waals surface area contributed by atoms with Crippen LogP contribution in [0.25, 0.3) is 127 Å². The maximum atomic E-state index is 5.40. The van der Waals surface area contributed by atoms with Crippen molar-refractivity contribution in [3.63, 3.8) is 0 Å². The van der Waals surface area contributed by atoms with E-state index in [1.54, 1.807) is 0 Å². The molecule has 1 aliphatic rings. The second kappa shape index (κ2) is 15.7. The second-order valence-electron chi connectivity index (χ2n) is 19.1. The molecule has 0 spiro atoms. The number of fused-ring (bicyclic) bond motifs is 11. The smallest absolute Gasteiger partial charge is 0.137 e. The minimum absolute atomic E-state index is 0.810. The van der Waals surface area contributed by atoms with Crippen LogP contribution in [0.3, 0.4) is 0 Å². The molecule has 0 atom stereocenters. The van der Waals surface area contributed by atoms with E-state index in [9.17, 15) is 0 Å². The summed E-state index contributed by atoms with van der Waals surface area (Å²) in [6.07, 6.45) is 7.76. The summed E-state index contributed by atoms with van der Waals surface area (Å²) in [7, 11) is 0. The van der Waals surface area contributed by atoms with Gasteiger partial charge in [0.25, 0.3) is 0 Å². The molecule has 0 aliphatic carbocycles. The van der Waals surface area contributed by atoms with Crippen LogP contribution in [-0.4, -0.2) is 33.6 Å². The van der Waals surface area contributed by atoms with Crippen LogP contribution in [0.2, 0.25) is 0 Å². The van der Waals surface area contributed by atoms with Crippen LogP contribution in [0, 0.1) is 0 Å². The number of anilines is 3. The lowest BCUT2D eigenvalue weighted by molar-refractivity contribution is 1.05. The maximum absolute atomic E-state index is 5.40. The first-order valence-corrected chi connectivity index (χ1v) is 24.9. The summed E-state index contributed by atoms with van der Waals surface area (Å²) in [5, 5.41) is 9.36. The highest BCUT2D eigenvalue weighted by Gasteiger charge is 2.30. The van der Waals surface area contributed by atoms with Crippen molar-refractivity contribution in [1.82, 2.24) is 33.6 Å². The van der Waals surface area contributed by atoms with Crippen LogP contribution >= 0.6 is 0 Å². The average Bonchev–Trinajstić information content (AvgIpc) is 4.11. The molecular formula is C66H40N8. The summed E-state index contributed by atoms with van der Waals surface area (Å²) in [5.74, 6) is 1.63. The van der Waals surface area contributed by atoms with E-state index in [-0.39, 0.29) is 0 Å². The van der Waals surface area contributed by atoms with E-state index in [1.165, 1.54) is 21.5 Å². The summed E-state index contributed by atoms with van der Waals surface area (Å²) < 4.78 is 6.96. The van der Waals surface area contributed by atoms with Gasteiger partial charge in [0, 0.05) is 66.8 Å². The number of aromatic nitrogens is 7. The van der Waals surface area contributed by atoms with Gasteiger partial charge in [0.15, 0.2) is 0 Å². The molecule has 0 unspecified atom stereocenters. The van der Waals surface area contributed by atoms with Gasteiger partial charge in [0.2, 0.25) is 0 Å². The molecule has 1 aliphatic heterocycles. The Hall–Kier alpha value is -10.2. The SMILES string of the molecule is c1ccc(-c2ccc3c(c2)c2cc4c(cc2n3-c2ccc(-n3c5ccccc5c5ccccc53)cn2)N(c2ccc(-n3c5ccccc5c5ccccc53)cn2)c2cccc3c(-c5ccccn5)ccc-4c23)nc1. The topological polar surface area (TPSA) is 69.6 Å². The number of pyridine rings is 4. The van der Waals surface area contributed by atoms with Crippen molar-refractivity contribution in [2.24, 2.45) is 0 Å². The van der Waals surface area contributed by atoms with Crippen LogP contribution < -0.4 is 4.90 Å². The van der Waals surface area contributed by atoms with Gasteiger partial charge in [-0.15, -0.1) is 0 Å². The normalized spacial score (nSPS) is 12.3. The summed E-state index contributed by atoms with van der Waals surface area (Å²) in [6.45, 7) is 0. The van der Waals surface area contributed by atoms with Crippen LogP contribution in [0.4, 0.5) is 17.2 Å². The molecule has 0 amide bonds. The van der Waals surface area contributed by atoms with Crippen LogP contribution in [-0.2, 0) is 0 Å². The zero-order valence-corrected chi connectivity index (χ0v) is 39.7. The van der Waals surface area contributed by atoms with Crippen molar-refractivity contribution in [2.45, 2.75) is 0 Å². The highest BCUT2D eigenvalue weighted by Crippen LogP contribution is 2.54. The van der Waals surface area contributed by atoms with E-state index in [0.29, 0.717) is 0 Å². The molecule has 74 heavy (non-hydrogen) atoms. The first-order chi connectivity index (χ1) is 36.7. The molecule has 8 heterocycles. The Bertz CT molecular complexity index is 4660. The van der Waals surface area contributed by atoms with Gasteiger partial charge >= 0.3 is 0 Å². The van der Waals surface area contributed by atoms with Crippen LogP contribution in [0.5, 0.6) is 0 Å². The maximum Gasteiger partial charge on any atom is 0.137 e. The zero-order chi connectivity index (χ0) is 48.4. The Balaban J connectivity index is 0.944. The fourth-order valence-corrected chi connectivity index (χ4v) is 12.0. The lowest BCUT2D eigenvalue weighted by Crippen LogP contribution is -2.16. The standard InChI is InChI=1S/C66H40N8/c1-5-21-56-45(14-1)46-15-2-6-22-57(46)71(56)42-27-32-64(69-39-42)73-60-31-26-41(54-19-9-11-34-67-54)36-51(60)53-37-52-50-30-29-44(55-20-10-12-35-68-55)49-18-13-25-61(66(49)50)74(62(52)38-63(53)73)65-33-28-43(40-70-65)72-58-23-7-3-16-47(58)48-17-4-8-24-59(48)72/h1-40H. The van der Waals surface area contributed by atoms with Gasteiger partial charge in [0.05, 0.1) is 79.6 Å². The zero-order valence-electron chi connectivity index (χ0n) is 39.7. The first kappa shape index (κ1) is 40.5. The van der Waals surface area contributed by atoms with Crippen molar-refractivity contribution >= 4 is 93.4 Å². The van der Waals surface area contributed by atoms with E-state index in [1.807, 2.05) is 43.0 Å². The second-order valence-corrected chi connectivity index (χ2v) is 19.1. The molecule has 8 aromatic carbocycles. The van der Waals surface area contributed by atoms with Crippen molar-refractivity contribution in [1.29, 1.82) is 0 Å². The minimum Gasteiger partial charge on any atom is -0.308 e. The molecule has 16 rings (SSSR count).